The summed E-state index contributed by atoms with van der Waals surface area (Å²) in [4.78, 5) is 4.46. The Hall–Kier alpha value is -1.68. The van der Waals surface area contributed by atoms with E-state index in [0.29, 0.717) is 24.1 Å². The minimum atomic E-state index is -0.120. The number of hydrogen-bond donors (Lipinski definition) is 1. The first kappa shape index (κ1) is 13.3. The highest BCUT2D eigenvalue weighted by Gasteiger charge is 2.34. The minimum absolute atomic E-state index is 0.120. The molecule has 4 heteroatoms. The van der Waals surface area contributed by atoms with Gasteiger partial charge in [-0.25, -0.2) is 0 Å². The number of benzene rings is 1. The van der Waals surface area contributed by atoms with Gasteiger partial charge in [-0.15, -0.1) is 0 Å². The second kappa shape index (κ2) is 5.02. The topological polar surface area (TPSA) is 64.9 Å². The Bertz CT molecular complexity index is 582. The van der Waals surface area contributed by atoms with Crippen LogP contribution >= 0.6 is 0 Å². The van der Waals surface area contributed by atoms with Crippen LogP contribution in [0.5, 0.6) is 0 Å². The van der Waals surface area contributed by atoms with Crippen molar-refractivity contribution in [2.24, 2.45) is 5.73 Å². The maximum absolute atomic E-state index is 6.21. The van der Waals surface area contributed by atoms with Gasteiger partial charge in [0, 0.05) is 17.5 Å². The summed E-state index contributed by atoms with van der Waals surface area (Å²) in [7, 11) is 0. The van der Waals surface area contributed by atoms with E-state index in [1.54, 1.807) is 0 Å². The molecule has 0 aliphatic heterocycles. The third kappa shape index (κ3) is 2.61. The second-order valence-corrected chi connectivity index (χ2v) is 6.18. The molecule has 0 bridgehead atoms. The van der Waals surface area contributed by atoms with Crippen molar-refractivity contribution in [2.75, 3.05) is 0 Å². The smallest absolute Gasteiger partial charge is 0.228 e. The minimum Gasteiger partial charge on any atom is -0.339 e. The van der Waals surface area contributed by atoms with Gasteiger partial charge in [0.1, 0.15) is 0 Å². The van der Waals surface area contributed by atoms with E-state index in [4.69, 9.17) is 10.3 Å². The molecule has 0 spiro atoms. The monoisotopic (exact) mass is 271 g/mol. The van der Waals surface area contributed by atoms with Gasteiger partial charge in [0.05, 0.1) is 0 Å². The summed E-state index contributed by atoms with van der Waals surface area (Å²) in [6.45, 7) is 4.36. The average molecular weight is 271 g/mol. The van der Waals surface area contributed by atoms with Crippen LogP contribution in [0.1, 0.15) is 50.5 Å². The quantitative estimate of drug-likeness (QED) is 0.926. The lowest BCUT2D eigenvalue weighted by molar-refractivity contribution is 0.222. The van der Waals surface area contributed by atoms with Crippen molar-refractivity contribution < 1.29 is 4.52 Å². The molecule has 0 amide bonds. The predicted molar refractivity (Wildman–Crippen MR) is 78.3 cm³/mol. The number of hydrogen-bond acceptors (Lipinski definition) is 4. The third-order valence-corrected chi connectivity index (χ3v) is 4.16. The molecular formula is C16H21N3O. The summed E-state index contributed by atoms with van der Waals surface area (Å²) in [6, 6.07) is 8.33. The zero-order valence-corrected chi connectivity index (χ0v) is 12.1. The average Bonchev–Trinajstić information content (AvgIpc) is 2.85. The van der Waals surface area contributed by atoms with Crippen LogP contribution < -0.4 is 5.73 Å². The van der Waals surface area contributed by atoms with Crippen LogP contribution in [0.25, 0.3) is 11.4 Å². The van der Waals surface area contributed by atoms with Gasteiger partial charge in [-0.1, -0.05) is 43.3 Å². The van der Waals surface area contributed by atoms with E-state index in [2.05, 4.69) is 36.1 Å². The van der Waals surface area contributed by atoms with Gasteiger partial charge >= 0.3 is 0 Å². The molecule has 1 fully saturated rings. The van der Waals surface area contributed by atoms with Gasteiger partial charge < -0.3 is 10.3 Å². The Balaban J connectivity index is 1.75. The highest BCUT2D eigenvalue weighted by atomic mass is 16.5. The molecule has 3 rings (SSSR count). The first-order chi connectivity index (χ1) is 9.56. The van der Waals surface area contributed by atoms with Gasteiger partial charge in [-0.05, 0) is 30.7 Å². The Kier molecular flexibility index (Phi) is 3.34. The van der Waals surface area contributed by atoms with Crippen LogP contribution in [0, 0.1) is 0 Å². The molecule has 1 aromatic carbocycles. The highest BCUT2D eigenvalue weighted by molar-refractivity contribution is 5.54. The zero-order valence-electron chi connectivity index (χ0n) is 12.1. The van der Waals surface area contributed by atoms with Crippen LogP contribution in [-0.4, -0.2) is 15.7 Å². The molecular weight excluding hydrogens is 250 g/mol. The third-order valence-electron chi connectivity index (χ3n) is 4.16. The standard InChI is InChI=1S/C16H21N3O/c1-11(2)12-4-6-13(7-5-12)15-18-14(20-19-15)10-16(17)8-3-9-16/h4-7,11H,3,8-10,17H2,1-2H3. The molecule has 1 saturated carbocycles. The lowest BCUT2D eigenvalue weighted by Gasteiger charge is -2.36. The Labute approximate surface area is 119 Å². The fourth-order valence-corrected chi connectivity index (χ4v) is 2.57. The Morgan fingerprint density at radius 1 is 1.25 bits per heavy atom. The largest absolute Gasteiger partial charge is 0.339 e. The van der Waals surface area contributed by atoms with Crippen molar-refractivity contribution in [3.05, 3.63) is 35.7 Å². The zero-order chi connectivity index (χ0) is 14.2. The first-order valence-electron chi connectivity index (χ1n) is 7.28. The summed E-state index contributed by atoms with van der Waals surface area (Å²) in [5.41, 5.74) is 8.39. The van der Waals surface area contributed by atoms with E-state index in [9.17, 15) is 0 Å². The molecule has 0 radical (unpaired) electrons. The van der Waals surface area contributed by atoms with E-state index in [1.165, 1.54) is 12.0 Å². The van der Waals surface area contributed by atoms with Crippen LogP contribution in [0.2, 0.25) is 0 Å². The number of aromatic nitrogens is 2. The van der Waals surface area contributed by atoms with Crippen molar-refractivity contribution in [2.45, 2.75) is 51.0 Å². The Morgan fingerprint density at radius 2 is 1.95 bits per heavy atom. The van der Waals surface area contributed by atoms with Crippen molar-refractivity contribution in [1.82, 2.24) is 10.1 Å². The predicted octanol–water partition coefficient (Wildman–Crippen LogP) is 3.28. The van der Waals surface area contributed by atoms with E-state index in [0.717, 1.165) is 18.4 Å². The lowest BCUT2D eigenvalue weighted by Crippen LogP contribution is -2.48. The van der Waals surface area contributed by atoms with Crippen molar-refractivity contribution in [1.29, 1.82) is 0 Å². The van der Waals surface area contributed by atoms with Gasteiger partial charge in [0.25, 0.3) is 0 Å². The molecule has 0 unspecified atom stereocenters. The van der Waals surface area contributed by atoms with Crippen LogP contribution in [0.15, 0.2) is 28.8 Å². The summed E-state index contributed by atoms with van der Waals surface area (Å²) >= 11 is 0. The van der Waals surface area contributed by atoms with Gasteiger partial charge in [-0.3, -0.25) is 0 Å². The van der Waals surface area contributed by atoms with Crippen molar-refractivity contribution in [3.63, 3.8) is 0 Å². The first-order valence-corrected chi connectivity index (χ1v) is 7.28. The summed E-state index contributed by atoms with van der Waals surface area (Å²) in [6.07, 6.45) is 3.99. The lowest BCUT2D eigenvalue weighted by atomic mass is 9.75. The molecule has 1 aromatic heterocycles. The highest BCUT2D eigenvalue weighted by Crippen LogP contribution is 2.32. The van der Waals surface area contributed by atoms with Crippen molar-refractivity contribution in [3.8, 4) is 11.4 Å². The SMILES string of the molecule is CC(C)c1ccc(-c2noc(CC3(N)CCC3)n2)cc1. The van der Waals surface area contributed by atoms with E-state index < -0.39 is 0 Å². The molecule has 0 saturated heterocycles. The molecule has 20 heavy (non-hydrogen) atoms. The van der Waals surface area contributed by atoms with Crippen LogP contribution in [0.4, 0.5) is 0 Å². The van der Waals surface area contributed by atoms with E-state index in [-0.39, 0.29) is 5.54 Å². The normalized spacial score (nSPS) is 17.2. The molecule has 4 nitrogen and oxygen atoms in total. The number of rotatable bonds is 4. The molecule has 2 N–H and O–H groups in total. The molecule has 1 aliphatic rings. The fraction of sp³-hybridized carbons (Fsp3) is 0.500. The van der Waals surface area contributed by atoms with Crippen LogP contribution in [0.3, 0.4) is 0 Å². The summed E-state index contributed by atoms with van der Waals surface area (Å²) in [5.74, 6) is 1.83. The molecule has 2 aromatic rings. The maximum Gasteiger partial charge on any atom is 0.228 e. The maximum atomic E-state index is 6.21. The summed E-state index contributed by atoms with van der Waals surface area (Å²) < 4.78 is 5.33. The number of nitrogens with zero attached hydrogens (tertiary/aromatic N) is 2. The summed E-state index contributed by atoms with van der Waals surface area (Å²) in [5, 5.41) is 4.06. The van der Waals surface area contributed by atoms with E-state index >= 15 is 0 Å². The Morgan fingerprint density at radius 3 is 2.50 bits per heavy atom. The molecule has 1 aliphatic carbocycles. The second-order valence-electron chi connectivity index (χ2n) is 6.18. The van der Waals surface area contributed by atoms with E-state index in [1.807, 2.05) is 12.1 Å². The fourth-order valence-electron chi connectivity index (χ4n) is 2.57. The van der Waals surface area contributed by atoms with Gasteiger partial charge in [0.2, 0.25) is 11.7 Å². The molecule has 1 heterocycles. The van der Waals surface area contributed by atoms with Crippen LogP contribution in [-0.2, 0) is 6.42 Å². The molecule has 106 valence electrons. The van der Waals surface area contributed by atoms with Gasteiger partial charge in [-0.2, -0.15) is 4.98 Å². The van der Waals surface area contributed by atoms with Gasteiger partial charge in [0.15, 0.2) is 0 Å². The van der Waals surface area contributed by atoms with Crippen molar-refractivity contribution >= 4 is 0 Å². The molecule has 0 atom stereocenters. The number of nitrogens with two attached hydrogens (primary N) is 1.